The SMILES string of the molecule is CC1(C)CCCN1c1cc(Br)cc(C#N)c1. The fourth-order valence-electron chi connectivity index (χ4n) is 2.38. The normalized spacial score (nSPS) is 18.5. The molecule has 0 aromatic heterocycles. The van der Waals surface area contributed by atoms with Crippen LogP contribution in [0.2, 0.25) is 0 Å². The van der Waals surface area contributed by atoms with Gasteiger partial charge in [0.2, 0.25) is 0 Å². The molecule has 0 saturated carbocycles. The topological polar surface area (TPSA) is 27.0 Å². The molecule has 1 heterocycles. The lowest BCUT2D eigenvalue weighted by molar-refractivity contribution is 0.518. The molecule has 0 N–H and O–H groups in total. The smallest absolute Gasteiger partial charge is 0.0992 e. The maximum atomic E-state index is 8.97. The quantitative estimate of drug-likeness (QED) is 0.783. The molecule has 1 saturated heterocycles. The lowest BCUT2D eigenvalue weighted by atomic mass is 10.0. The van der Waals surface area contributed by atoms with Crippen molar-refractivity contribution >= 4 is 21.6 Å². The van der Waals surface area contributed by atoms with Gasteiger partial charge in [0.25, 0.3) is 0 Å². The Kier molecular flexibility index (Phi) is 2.94. The van der Waals surface area contributed by atoms with Gasteiger partial charge in [-0.05, 0) is 44.9 Å². The van der Waals surface area contributed by atoms with Crippen molar-refractivity contribution in [3.8, 4) is 6.07 Å². The van der Waals surface area contributed by atoms with Crippen LogP contribution < -0.4 is 4.90 Å². The van der Waals surface area contributed by atoms with Gasteiger partial charge >= 0.3 is 0 Å². The molecule has 1 aliphatic heterocycles. The molecular weight excluding hydrogens is 264 g/mol. The van der Waals surface area contributed by atoms with Crippen molar-refractivity contribution in [3.63, 3.8) is 0 Å². The largest absolute Gasteiger partial charge is 0.366 e. The molecule has 0 aliphatic carbocycles. The number of rotatable bonds is 1. The third-order valence-electron chi connectivity index (χ3n) is 3.22. The van der Waals surface area contributed by atoms with Gasteiger partial charge in [-0.2, -0.15) is 5.26 Å². The highest BCUT2D eigenvalue weighted by Gasteiger charge is 2.32. The van der Waals surface area contributed by atoms with Crippen LogP contribution in [0.4, 0.5) is 5.69 Å². The number of nitrogens with zero attached hydrogens (tertiary/aromatic N) is 2. The number of hydrogen-bond donors (Lipinski definition) is 0. The number of nitriles is 1. The summed E-state index contributed by atoms with van der Waals surface area (Å²) in [6, 6.07) is 8.12. The van der Waals surface area contributed by atoms with Gasteiger partial charge in [-0.3, -0.25) is 0 Å². The second kappa shape index (κ2) is 4.10. The summed E-state index contributed by atoms with van der Waals surface area (Å²) >= 11 is 3.46. The van der Waals surface area contributed by atoms with Gasteiger partial charge < -0.3 is 4.90 Å². The molecule has 2 nitrogen and oxygen atoms in total. The van der Waals surface area contributed by atoms with E-state index in [0.29, 0.717) is 5.56 Å². The summed E-state index contributed by atoms with van der Waals surface area (Å²) in [5.41, 5.74) is 2.06. The Balaban J connectivity index is 2.41. The Hall–Kier alpha value is -1.01. The highest BCUT2D eigenvalue weighted by atomic mass is 79.9. The van der Waals surface area contributed by atoms with E-state index in [2.05, 4.69) is 46.8 Å². The van der Waals surface area contributed by atoms with Crippen molar-refractivity contribution in [3.05, 3.63) is 28.2 Å². The Morgan fingerprint density at radius 3 is 2.69 bits per heavy atom. The minimum atomic E-state index is 0.202. The van der Waals surface area contributed by atoms with Gasteiger partial charge in [-0.1, -0.05) is 15.9 Å². The second-order valence-corrected chi connectivity index (χ2v) is 5.79. The first-order valence-corrected chi connectivity index (χ1v) is 6.30. The highest BCUT2D eigenvalue weighted by Crippen LogP contribution is 2.35. The zero-order valence-corrected chi connectivity index (χ0v) is 11.2. The summed E-state index contributed by atoms with van der Waals surface area (Å²) in [5.74, 6) is 0. The lowest BCUT2D eigenvalue weighted by Gasteiger charge is -2.34. The van der Waals surface area contributed by atoms with E-state index >= 15 is 0 Å². The van der Waals surface area contributed by atoms with E-state index in [0.717, 1.165) is 16.7 Å². The zero-order valence-electron chi connectivity index (χ0n) is 9.63. The number of halogens is 1. The van der Waals surface area contributed by atoms with Crippen LogP contribution in [-0.4, -0.2) is 12.1 Å². The Labute approximate surface area is 105 Å². The predicted molar refractivity (Wildman–Crippen MR) is 69.5 cm³/mol. The van der Waals surface area contributed by atoms with E-state index in [1.165, 1.54) is 12.8 Å². The maximum absolute atomic E-state index is 8.97. The summed E-state index contributed by atoms with van der Waals surface area (Å²) in [7, 11) is 0. The number of benzene rings is 1. The van der Waals surface area contributed by atoms with E-state index in [4.69, 9.17) is 5.26 Å². The summed E-state index contributed by atoms with van der Waals surface area (Å²) < 4.78 is 0.976. The average Bonchev–Trinajstić information content (AvgIpc) is 2.57. The average molecular weight is 279 g/mol. The standard InChI is InChI=1S/C13H15BrN2/c1-13(2)4-3-5-16(13)12-7-10(9-15)6-11(14)8-12/h6-8H,3-5H2,1-2H3. The van der Waals surface area contributed by atoms with E-state index < -0.39 is 0 Å². The van der Waals surface area contributed by atoms with Crippen molar-refractivity contribution in [2.24, 2.45) is 0 Å². The molecule has 0 atom stereocenters. The van der Waals surface area contributed by atoms with Crippen LogP contribution in [0.25, 0.3) is 0 Å². The van der Waals surface area contributed by atoms with E-state index in [1.807, 2.05) is 12.1 Å². The monoisotopic (exact) mass is 278 g/mol. The van der Waals surface area contributed by atoms with E-state index in [-0.39, 0.29) is 5.54 Å². The first kappa shape index (κ1) is 11.5. The van der Waals surface area contributed by atoms with Crippen molar-refractivity contribution in [2.75, 3.05) is 11.4 Å². The Bertz CT molecular complexity index is 446. The van der Waals surface area contributed by atoms with Crippen LogP contribution in [-0.2, 0) is 0 Å². The molecule has 0 radical (unpaired) electrons. The van der Waals surface area contributed by atoms with Crippen LogP contribution in [0.1, 0.15) is 32.3 Å². The van der Waals surface area contributed by atoms with Crippen LogP contribution >= 0.6 is 15.9 Å². The minimum Gasteiger partial charge on any atom is -0.366 e. The molecule has 16 heavy (non-hydrogen) atoms. The summed E-state index contributed by atoms with van der Waals surface area (Å²) in [6.45, 7) is 5.59. The van der Waals surface area contributed by atoms with Crippen molar-refractivity contribution in [1.29, 1.82) is 5.26 Å². The molecule has 1 aromatic rings. The zero-order chi connectivity index (χ0) is 11.8. The molecule has 0 spiro atoms. The molecule has 0 bridgehead atoms. The summed E-state index contributed by atoms with van der Waals surface area (Å²) in [4.78, 5) is 2.39. The molecule has 0 unspecified atom stereocenters. The van der Waals surface area contributed by atoms with Gasteiger partial charge in [0.1, 0.15) is 0 Å². The second-order valence-electron chi connectivity index (χ2n) is 4.88. The van der Waals surface area contributed by atoms with Gasteiger partial charge in [-0.15, -0.1) is 0 Å². The third kappa shape index (κ3) is 2.08. The summed E-state index contributed by atoms with van der Waals surface area (Å²) in [6.07, 6.45) is 2.43. The maximum Gasteiger partial charge on any atom is 0.0992 e. The fourth-order valence-corrected chi connectivity index (χ4v) is 2.86. The third-order valence-corrected chi connectivity index (χ3v) is 3.68. The van der Waals surface area contributed by atoms with E-state index in [1.54, 1.807) is 0 Å². The van der Waals surface area contributed by atoms with Crippen LogP contribution in [0.3, 0.4) is 0 Å². The molecule has 3 heteroatoms. The molecule has 1 aromatic carbocycles. The molecule has 0 amide bonds. The van der Waals surface area contributed by atoms with Gasteiger partial charge in [0, 0.05) is 22.2 Å². The van der Waals surface area contributed by atoms with Crippen LogP contribution in [0, 0.1) is 11.3 Å². The minimum absolute atomic E-state index is 0.202. The van der Waals surface area contributed by atoms with Gasteiger partial charge in [0.05, 0.1) is 11.6 Å². The highest BCUT2D eigenvalue weighted by molar-refractivity contribution is 9.10. The van der Waals surface area contributed by atoms with Crippen molar-refractivity contribution in [1.82, 2.24) is 0 Å². The van der Waals surface area contributed by atoms with E-state index in [9.17, 15) is 0 Å². The number of anilines is 1. The van der Waals surface area contributed by atoms with Crippen molar-refractivity contribution in [2.45, 2.75) is 32.2 Å². The fraction of sp³-hybridized carbons (Fsp3) is 0.462. The molecule has 84 valence electrons. The molecule has 2 rings (SSSR count). The molecule has 1 fully saturated rings. The predicted octanol–water partition coefficient (Wildman–Crippen LogP) is 3.70. The van der Waals surface area contributed by atoms with Gasteiger partial charge in [-0.25, -0.2) is 0 Å². The number of hydrogen-bond acceptors (Lipinski definition) is 2. The van der Waals surface area contributed by atoms with Crippen LogP contribution in [0.5, 0.6) is 0 Å². The first-order valence-electron chi connectivity index (χ1n) is 5.51. The first-order chi connectivity index (χ1) is 7.53. The lowest BCUT2D eigenvalue weighted by Crippen LogP contribution is -2.38. The Morgan fingerprint density at radius 2 is 2.12 bits per heavy atom. The van der Waals surface area contributed by atoms with Crippen molar-refractivity contribution < 1.29 is 0 Å². The van der Waals surface area contributed by atoms with Gasteiger partial charge in [0.15, 0.2) is 0 Å². The summed E-state index contributed by atoms with van der Waals surface area (Å²) in [5, 5.41) is 8.97. The molecule has 1 aliphatic rings. The Morgan fingerprint density at radius 1 is 1.38 bits per heavy atom. The van der Waals surface area contributed by atoms with Crippen LogP contribution in [0.15, 0.2) is 22.7 Å². The molecular formula is C13H15BrN2.